The Balaban J connectivity index is 1.79. The summed E-state index contributed by atoms with van der Waals surface area (Å²) in [5, 5.41) is 3.52. The first kappa shape index (κ1) is 20.3. The summed E-state index contributed by atoms with van der Waals surface area (Å²) in [4.78, 5) is 0. The fourth-order valence-corrected chi connectivity index (χ4v) is 2.87. The Labute approximate surface area is 158 Å². The summed E-state index contributed by atoms with van der Waals surface area (Å²) >= 11 is 0. The minimum absolute atomic E-state index is 0.548. The van der Waals surface area contributed by atoms with E-state index in [1.165, 1.54) is 43.2 Å². The highest BCUT2D eigenvalue weighted by Gasteiger charge is 2.06. The van der Waals surface area contributed by atoms with E-state index in [1.807, 2.05) is 6.07 Å². The number of aryl methyl sites for hydroxylation is 1. The normalized spacial score (nSPS) is 10.7. The van der Waals surface area contributed by atoms with Gasteiger partial charge >= 0.3 is 0 Å². The Morgan fingerprint density at radius 3 is 2.31 bits per heavy atom. The van der Waals surface area contributed by atoms with Crippen LogP contribution in [-0.4, -0.2) is 13.7 Å². The quantitative estimate of drug-likeness (QED) is 0.500. The summed E-state index contributed by atoms with van der Waals surface area (Å²) in [6, 6.07) is 14.6. The number of benzene rings is 2. The molecule has 142 valence electrons. The second kappa shape index (κ2) is 11.6. The number of unbranched alkanes of at least 4 members (excludes halogenated alkanes) is 4. The van der Waals surface area contributed by atoms with Crippen LogP contribution in [0, 0.1) is 6.92 Å². The Morgan fingerprint density at radius 1 is 0.846 bits per heavy atom. The molecule has 26 heavy (non-hydrogen) atoms. The highest BCUT2D eigenvalue weighted by Crippen LogP contribution is 2.28. The lowest BCUT2D eigenvalue weighted by atomic mass is 10.1. The highest BCUT2D eigenvalue weighted by atomic mass is 16.5. The molecule has 0 aliphatic carbocycles. The topological polar surface area (TPSA) is 30.5 Å². The van der Waals surface area contributed by atoms with E-state index in [9.17, 15) is 0 Å². The lowest BCUT2D eigenvalue weighted by molar-refractivity contribution is 0.284. The minimum atomic E-state index is 0.548. The maximum atomic E-state index is 5.94. The number of hydrogen-bond donors (Lipinski definition) is 1. The van der Waals surface area contributed by atoms with E-state index in [4.69, 9.17) is 9.47 Å². The molecular formula is C23H33NO2. The Kier molecular flexibility index (Phi) is 9.05. The molecule has 3 heteroatoms. The highest BCUT2D eigenvalue weighted by molar-refractivity contribution is 5.43. The molecule has 2 aromatic carbocycles. The molecule has 0 spiro atoms. The third-order valence-electron chi connectivity index (χ3n) is 4.53. The van der Waals surface area contributed by atoms with Gasteiger partial charge in [-0.05, 0) is 43.1 Å². The van der Waals surface area contributed by atoms with Crippen LogP contribution in [0.25, 0.3) is 0 Å². The zero-order chi connectivity index (χ0) is 18.6. The van der Waals surface area contributed by atoms with Crippen LogP contribution in [0.4, 0.5) is 0 Å². The second-order valence-corrected chi connectivity index (χ2v) is 6.85. The van der Waals surface area contributed by atoms with Crippen molar-refractivity contribution in [3.05, 3.63) is 59.2 Å². The summed E-state index contributed by atoms with van der Waals surface area (Å²) in [6.45, 7) is 6.82. The molecule has 3 nitrogen and oxygen atoms in total. The molecule has 0 bridgehead atoms. The van der Waals surface area contributed by atoms with Gasteiger partial charge in [0, 0.05) is 6.54 Å². The van der Waals surface area contributed by atoms with E-state index in [0.29, 0.717) is 6.61 Å². The molecule has 1 N–H and O–H groups in total. The molecule has 0 aliphatic heterocycles. The molecular weight excluding hydrogens is 322 g/mol. The molecule has 0 amide bonds. The van der Waals surface area contributed by atoms with Crippen LogP contribution in [0.2, 0.25) is 0 Å². The van der Waals surface area contributed by atoms with E-state index in [-0.39, 0.29) is 0 Å². The number of methoxy groups -OCH3 is 1. The molecule has 2 aromatic rings. The number of hydrogen-bond acceptors (Lipinski definition) is 3. The molecule has 0 unspecified atom stereocenters. The zero-order valence-corrected chi connectivity index (χ0v) is 16.5. The summed E-state index contributed by atoms with van der Waals surface area (Å²) in [6.07, 6.45) is 6.55. The van der Waals surface area contributed by atoms with Crippen LogP contribution in [-0.2, 0) is 13.2 Å². The van der Waals surface area contributed by atoms with Gasteiger partial charge in [-0.15, -0.1) is 0 Å². The van der Waals surface area contributed by atoms with Gasteiger partial charge in [-0.3, -0.25) is 0 Å². The molecule has 2 rings (SSSR count). The largest absolute Gasteiger partial charge is 0.493 e. The van der Waals surface area contributed by atoms with Gasteiger partial charge in [-0.25, -0.2) is 0 Å². The summed E-state index contributed by atoms with van der Waals surface area (Å²) in [5.74, 6) is 1.58. The van der Waals surface area contributed by atoms with Crippen molar-refractivity contribution in [2.45, 2.75) is 59.1 Å². The number of rotatable bonds is 12. The maximum Gasteiger partial charge on any atom is 0.161 e. The fraction of sp³-hybridized carbons (Fsp3) is 0.478. The van der Waals surface area contributed by atoms with Crippen LogP contribution in [0.3, 0.4) is 0 Å². The van der Waals surface area contributed by atoms with Crippen LogP contribution in [0.5, 0.6) is 11.5 Å². The van der Waals surface area contributed by atoms with Crippen molar-refractivity contribution in [3.8, 4) is 11.5 Å². The molecule has 0 heterocycles. The molecule has 0 saturated heterocycles. The van der Waals surface area contributed by atoms with Crippen molar-refractivity contribution >= 4 is 0 Å². The van der Waals surface area contributed by atoms with Gasteiger partial charge in [0.2, 0.25) is 0 Å². The van der Waals surface area contributed by atoms with E-state index < -0.39 is 0 Å². The van der Waals surface area contributed by atoms with Crippen LogP contribution in [0.15, 0.2) is 42.5 Å². The number of nitrogens with one attached hydrogen (secondary N) is 1. The Hall–Kier alpha value is -2.00. The summed E-state index contributed by atoms with van der Waals surface area (Å²) in [5.41, 5.74) is 3.64. The zero-order valence-electron chi connectivity index (χ0n) is 16.5. The maximum absolute atomic E-state index is 5.94. The van der Waals surface area contributed by atoms with Gasteiger partial charge in [0.1, 0.15) is 6.61 Å². The van der Waals surface area contributed by atoms with Crippen molar-refractivity contribution in [2.24, 2.45) is 0 Å². The molecule has 0 radical (unpaired) electrons. The monoisotopic (exact) mass is 355 g/mol. The molecule has 0 saturated carbocycles. The minimum Gasteiger partial charge on any atom is -0.493 e. The van der Waals surface area contributed by atoms with Crippen LogP contribution < -0.4 is 14.8 Å². The van der Waals surface area contributed by atoms with Crippen LogP contribution in [0.1, 0.15) is 55.7 Å². The average Bonchev–Trinajstić information content (AvgIpc) is 2.67. The van der Waals surface area contributed by atoms with E-state index in [1.54, 1.807) is 7.11 Å². The summed E-state index contributed by atoms with van der Waals surface area (Å²) < 4.78 is 11.5. The van der Waals surface area contributed by atoms with E-state index in [0.717, 1.165) is 30.2 Å². The van der Waals surface area contributed by atoms with Crippen LogP contribution >= 0.6 is 0 Å². The smallest absolute Gasteiger partial charge is 0.161 e. The Bertz CT molecular complexity index is 637. The molecule has 0 aliphatic rings. The van der Waals surface area contributed by atoms with Gasteiger partial charge in [-0.2, -0.15) is 0 Å². The van der Waals surface area contributed by atoms with Crippen molar-refractivity contribution < 1.29 is 9.47 Å². The lowest BCUT2D eigenvalue weighted by Gasteiger charge is -2.13. The molecule has 0 atom stereocenters. The first-order valence-electron chi connectivity index (χ1n) is 9.79. The molecule has 0 aromatic heterocycles. The first-order chi connectivity index (χ1) is 12.7. The van der Waals surface area contributed by atoms with Crippen molar-refractivity contribution in [3.63, 3.8) is 0 Å². The second-order valence-electron chi connectivity index (χ2n) is 6.85. The summed E-state index contributed by atoms with van der Waals surface area (Å²) in [7, 11) is 1.69. The predicted molar refractivity (Wildman–Crippen MR) is 109 cm³/mol. The van der Waals surface area contributed by atoms with Gasteiger partial charge in [0.25, 0.3) is 0 Å². The van der Waals surface area contributed by atoms with Crippen molar-refractivity contribution in [1.82, 2.24) is 5.32 Å². The lowest BCUT2D eigenvalue weighted by Crippen LogP contribution is -2.14. The van der Waals surface area contributed by atoms with Crippen molar-refractivity contribution in [1.29, 1.82) is 0 Å². The average molecular weight is 356 g/mol. The van der Waals surface area contributed by atoms with Gasteiger partial charge < -0.3 is 14.8 Å². The third-order valence-corrected chi connectivity index (χ3v) is 4.53. The Morgan fingerprint density at radius 2 is 1.58 bits per heavy atom. The predicted octanol–water partition coefficient (Wildman–Crippen LogP) is 5.64. The third kappa shape index (κ3) is 7.09. The van der Waals surface area contributed by atoms with Gasteiger partial charge in [-0.1, -0.05) is 68.5 Å². The SMILES string of the molecule is CCCCCCCNCc1ccc(OCc2ccc(C)cc2)c(OC)c1. The van der Waals surface area contributed by atoms with Gasteiger partial charge in [0.05, 0.1) is 7.11 Å². The fourth-order valence-electron chi connectivity index (χ4n) is 2.87. The number of ether oxygens (including phenoxy) is 2. The first-order valence-corrected chi connectivity index (χ1v) is 9.79. The van der Waals surface area contributed by atoms with E-state index in [2.05, 4.69) is 55.6 Å². The van der Waals surface area contributed by atoms with Gasteiger partial charge in [0.15, 0.2) is 11.5 Å². The standard InChI is InChI=1S/C23H33NO2/c1-4-5-6-7-8-15-24-17-21-13-14-22(23(16-21)25-3)26-18-20-11-9-19(2)10-12-20/h9-14,16,24H,4-8,15,17-18H2,1-3H3. The molecule has 0 fully saturated rings. The van der Waals surface area contributed by atoms with Crippen molar-refractivity contribution in [2.75, 3.05) is 13.7 Å². The van der Waals surface area contributed by atoms with E-state index >= 15 is 0 Å².